The lowest BCUT2D eigenvalue weighted by atomic mass is 10.2. The molecule has 0 aliphatic carbocycles. The lowest BCUT2D eigenvalue weighted by Gasteiger charge is -2.31. The van der Waals surface area contributed by atoms with Crippen molar-refractivity contribution < 1.29 is 18.4 Å². The average Bonchev–Trinajstić information content (AvgIpc) is 2.94. The zero-order chi connectivity index (χ0) is 15.4. The van der Waals surface area contributed by atoms with E-state index in [0.717, 1.165) is 13.1 Å². The number of rotatable bonds is 5. The van der Waals surface area contributed by atoms with E-state index in [1.807, 2.05) is 0 Å². The van der Waals surface area contributed by atoms with Crippen LogP contribution in [0.4, 0.5) is 4.39 Å². The van der Waals surface area contributed by atoms with Gasteiger partial charge in [0.1, 0.15) is 24.3 Å². The van der Waals surface area contributed by atoms with Crippen molar-refractivity contribution in [3.63, 3.8) is 0 Å². The molecular weight excluding hydrogens is 289 g/mol. The van der Waals surface area contributed by atoms with Crippen molar-refractivity contribution in [1.82, 2.24) is 15.0 Å². The summed E-state index contributed by atoms with van der Waals surface area (Å²) in [5.74, 6) is 1.36. The minimum Gasteiger partial charge on any atom is -0.492 e. The standard InChI is InChI=1S/C15H18FN3O3/c1-11-17-15(18-22-11)14-10-19(6-8-21-14)5-7-20-13-4-2-3-12(16)9-13/h2-4,9,14H,5-8,10H2,1H3. The molecule has 2 aromatic rings. The second-order valence-electron chi connectivity index (χ2n) is 5.14. The van der Waals surface area contributed by atoms with Gasteiger partial charge in [-0.3, -0.25) is 4.90 Å². The number of ether oxygens (including phenoxy) is 2. The van der Waals surface area contributed by atoms with Gasteiger partial charge >= 0.3 is 0 Å². The van der Waals surface area contributed by atoms with E-state index in [-0.39, 0.29) is 11.9 Å². The first-order chi connectivity index (χ1) is 10.7. The van der Waals surface area contributed by atoms with E-state index in [1.165, 1.54) is 12.1 Å². The van der Waals surface area contributed by atoms with Crippen molar-refractivity contribution in [3.8, 4) is 5.75 Å². The van der Waals surface area contributed by atoms with E-state index >= 15 is 0 Å². The third-order valence-electron chi connectivity index (χ3n) is 3.45. The molecule has 118 valence electrons. The highest BCUT2D eigenvalue weighted by molar-refractivity contribution is 5.22. The molecule has 2 heterocycles. The molecule has 0 saturated carbocycles. The molecule has 1 aromatic carbocycles. The highest BCUT2D eigenvalue weighted by Gasteiger charge is 2.25. The Morgan fingerprint density at radius 1 is 1.45 bits per heavy atom. The normalized spacial score (nSPS) is 19.3. The molecule has 0 amide bonds. The third kappa shape index (κ3) is 3.80. The Hall–Kier alpha value is -1.99. The molecule has 7 heteroatoms. The number of aromatic nitrogens is 2. The summed E-state index contributed by atoms with van der Waals surface area (Å²) in [5.41, 5.74) is 0. The fraction of sp³-hybridized carbons (Fsp3) is 0.467. The Bertz CT molecular complexity index is 620. The van der Waals surface area contributed by atoms with Gasteiger partial charge in [0.05, 0.1) is 6.61 Å². The van der Waals surface area contributed by atoms with E-state index in [2.05, 4.69) is 15.0 Å². The molecule has 1 aliphatic heterocycles. The molecule has 0 spiro atoms. The molecule has 6 nitrogen and oxygen atoms in total. The van der Waals surface area contributed by atoms with Crippen LogP contribution in [0.5, 0.6) is 5.75 Å². The summed E-state index contributed by atoms with van der Waals surface area (Å²) in [4.78, 5) is 6.41. The van der Waals surface area contributed by atoms with E-state index in [1.54, 1.807) is 19.1 Å². The third-order valence-corrected chi connectivity index (χ3v) is 3.45. The molecule has 22 heavy (non-hydrogen) atoms. The lowest BCUT2D eigenvalue weighted by Crippen LogP contribution is -2.40. The zero-order valence-electron chi connectivity index (χ0n) is 12.4. The van der Waals surface area contributed by atoms with Crippen LogP contribution in [0.1, 0.15) is 17.8 Å². The quantitative estimate of drug-likeness (QED) is 0.841. The van der Waals surface area contributed by atoms with Gasteiger partial charge in [-0.2, -0.15) is 4.98 Å². The molecule has 1 saturated heterocycles. The second kappa shape index (κ2) is 6.85. The number of aryl methyl sites for hydroxylation is 1. The van der Waals surface area contributed by atoms with Crippen molar-refractivity contribution in [1.29, 1.82) is 0 Å². The molecule has 1 atom stereocenters. The summed E-state index contributed by atoms with van der Waals surface area (Å²) in [6.45, 7) is 5.09. The van der Waals surface area contributed by atoms with Crippen molar-refractivity contribution in [2.24, 2.45) is 0 Å². The zero-order valence-corrected chi connectivity index (χ0v) is 12.4. The topological polar surface area (TPSA) is 60.6 Å². The average molecular weight is 307 g/mol. The van der Waals surface area contributed by atoms with Crippen LogP contribution in [-0.4, -0.2) is 47.9 Å². The van der Waals surface area contributed by atoms with Gasteiger partial charge in [0.25, 0.3) is 0 Å². The van der Waals surface area contributed by atoms with Crippen LogP contribution in [0.2, 0.25) is 0 Å². The molecule has 0 bridgehead atoms. The van der Waals surface area contributed by atoms with Crippen molar-refractivity contribution in [2.45, 2.75) is 13.0 Å². The van der Waals surface area contributed by atoms with Crippen LogP contribution in [0.25, 0.3) is 0 Å². The van der Waals surface area contributed by atoms with Crippen LogP contribution in [0, 0.1) is 12.7 Å². The van der Waals surface area contributed by atoms with Gasteiger partial charge in [-0.15, -0.1) is 0 Å². The number of hydrogen-bond acceptors (Lipinski definition) is 6. The largest absolute Gasteiger partial charge is 0.492 e. The fourth-order valence-corrected chi connectivity index (χ4v) is 2.36. The predicted octanol–water partition coefficient (Wildman–Crippen LogP) is 1.97. The molecular formula is C15H18FN3O3. The monoisotopic (exact) mass is 307 g/mol. The Balaban J connectivity index is 1.48. The first-order valence-electron chi connectivity index (χ1n) is 7.23. The number of hydrogen-bond donors (Lipinski definition) is 0. The SMILES string of the molecule is Cc1nc(C2CN(CCOc3cccc(F)c3)CCO2)no1. The summed E-state index contributed by atoms with van der Waals surface area (Å²) in [6, 6.07) is 6.15. The van der Waals surface area contributed by atoms with Crippen molar-refractivity contribution in [2.75, 3.05) is 32.8 Å². The Labute approximate surface area is 127 Å². The maximum atomic E-state index is 13.1. The minimum atomic E-state index is -0.295. The summed E-state index contributed by atoms with van der Waals surface area (Å²) in [7, 11) is 0. The van der Waals surface area contributed by atoms with Crippen molar-refractivity contribution >= 4 is 0 Å². The maximum Gasteiger partial charge on any atom is 0.223 e. The molecule has 1 unspecified atom stereocenters. The lowest BCUT2D eigenvalue weighted by molar-refractivity contribution is -0.0379. The number of halogens is 1. The minimum absolute atomic E-state index is 0.180. The van der Waals surface area contributed by atoms with Gasteiger partial charge in [-0.1, -0.05) is 11.2 Å². The van der Waals surface area contributed by atoms with Gasteiger partial charge < -0.3 is 14.0 Å². The number of nitrogens with zero attached hydrogens (tertiary/aromatic N) is 3. The molecule has 1 aromatic heterocycles. The predicted molar refractivity (Wildman–Crippen MR) is 76.1 cm³/mol. The van der Waals surface area contributed by atoms with Gasteiger partial charge in [0.15, 0.2) is 0 Å². The second-order valence-corrected chi connectivity index (χ2v) is 5.14. The first-order valence-corrected chi connectivity index (χ1v) is 7.23. The Morgan fingerprint density at radius 2 is 2.36 bits per heavy atom. The summed E-state index contributed by atoms with van der Waals surface area (Å²) in [6.07, 6.45) is -0.180. The molecule has 0 N–H and O–H groups in total. The summed E-state index contributed by atoms with van der Waals surface area (Å²) < 4.78 is 29.3. The highest BCUT2D eigenvalue weighted by atomic mass is 19.1. The summed E-state index contributed by atoms with van der Waals surface area (Å²) >= 11 is 0. The maximum absolute atomic E-state index is 13.1. The first kappa shape index (κ1) is 14.9. The molecule has 1 aliphatic rings. The Morgan fingerprint density at radius 3 is 3.14 bits per heavy atom. The van der Waals surface area contributed by atoms with Crippen LogP contribution in [-0.2, 0) is 4.74 Å². The van der Waals surface area contributed by atoms with Gasteiger partial charge in [0, 0.05) is 32.6 Å². The van der Waals surface area contributed by atoms with Crippen LogP contribution >= 0.6 is 0 Å². The van der Waals surface area contributed by atoms with E-state index in [0.29, 0.717) is 37.2 Å². The smallest absolute Gasteiger partial charge is 0.223 e. The van der Waals surface area contributed by atoms with Crippen LogP contribution < -0.4 is 4.74 Å². The number of benzene rings is 1. The van der Waals surface area contributed by atoms with Gasteiger partial charge in [-0.25, -0.2) is 4.39 Å². The van der Waals surface area contributed by atoms with Crippen LogP contribution in [0.3, 0.4) is 0 Å². The number of morpholine rings is 1. The van der Waals surface area contributed by atoms with Gasteiger partial charge in [0.2, 0.25) is 11.7 Å². The Kier molecular flexibility index (Phi) is 4.65. The summed E-state index contributed by atoms with van der Waals surface area (Å²) in [5, 5.41) is 3.90. The van der Waals surface area contributed by atoms with Crippen molar-refractivity contribution in [3.05, 3.63) is 41.8 Å². The van der Waals surface area contributed by atoms with E-state index in [4.69, 9.17) is 14.0 Å². The molecule has 0 radical (unpaired) electrons. The fourth-order valence-electron chi connectivity index (χ4n) is 2.36. The van der Waals surface area contributed by atoms with E-state index < -0.39 is 0 Å². The van der Waals surface area contributed by atoms with Crippen LogP contribution in [0.15, 0.2) is 28.8 Å². The molecule has 1 fully saturated rings. The van der Waals surface area contributed by atoms with E-state index in [9.17, 15) is 4.39 Å². The molecule has 3 rings (SSSR count). The highest BCUT2D eigenvalue weighted by Crippen LogP contribution is 2.19. The van der Waals surface area contributed by atoms with Gasteiger partial charge in [-0.05, 0) is 12.1 Å².